The molecule has 1 aliphatic heterocycles. The maximum atomic E-state index is 12.6. The number of rotatable bonds is 4. The van der Waals surface area contributed by atoms with Gasteiger partial charge < -0.3 is 10.2 Å². The summed E-state index contributed by atoms with van der Waals surface area (Å²) in [6.07, 6.45) is -1.66. The number of carbonyl (C=O) groups is 1. The Morgan fingerprint density at radius 3 is 2.50 bits per heavy atom. The Morgan fingerprint density at radius 1 is 1.44 bits per heavy atom. The molecular weight excluding hydrogens is 245 g/mol. The van der Waals surface area contributed by atoms with Crippen LogP contribution < -0.4 is 5.32 Å². The average Bonchev–Trinajstić information content (AvgIpc) is 3.02. The SMILES string of the molecule is CCC1(C(=O)N(CC(F)(F)F)C2CC2)CCNC1. The van der Waals surface area contributed by atoms with Gasteiger partial charge >= 0.3 is 6.18 Å². The quantitative estimate of drug-likeness (QED) is 0.841. The minimum absolute atomic E-state index is 0.192. The molecule has 0 aromatic rings. The lowest BCUT2D eigenvalue weighted by Crippen LogP contribution is -2.49. The number of carbonyl (C=O) groups excluding carboxylic acids is 1. The van der Waals surface area contributed by atoms with Gasteiger partial charge in [-0.1, -0.05) is 6.92 Å². The van der Waals surface area contributed by atoms with Crippen LogP contribution in [0.1, 0.15) is 32.6 Å². The summed E-state index contributed by atoms with van der Waals surface area (Å²) in [5, 5.41) is 3.09. The van der Waals surface area contributed by atoms with Crippen LogP contribution in [0.4, 0.5) is 13.2 Å². The van der Waals surface area contributed by atoms with E-state index < -0.39 is 18.1 Å². The van der Waals surface area contributed by atoms with Gasteiger partial charge in [0.2, 0.25) is 5.91 Å². The van der Waals surface area contributed by atoms with E-state index in [1.165, 1.54) is 0 Å². The molecule has 104 valence electrons. The number of halogens is 3. The average molecular weight is 264 g/mol. The molecule has 3 nitrogen and oxygen atoms in total. The van der Waals surface area contributed by atoms with Crippen molar-refractivity contribution in [2.24, 2.45) is 5.41 Å². The molecule has 2 fully saturated rings. The second-order valence-electron chi connectivity index (χ2n) is 5.34. The van der Waals surface area contributed by atoms with Gasteiger partial charge in [-0.25, -0.2) is 0 Å². The van der Waals surface area contributed by atoms with Crippen LogP contribution in [0.3, 0.4) is 0 Å². The second-order valence-corrected chi connectivity index (χ2v) is 5.34. The number of nitrogens with one attached hydrogen (secondary N) is 1. The van der Waals surface area contributed by atoms with E-state index in [1.54, 1.807) is 0 Å². The molecule has 0 aromatic carbocycles. The first-order valence-electron chi connectivity index (χ1n) is 6.46. The minimum atomic E-state index is -4.31. The standard InChI is InChI=1S/C12H19F3N2O/c1-2-11(5-6-16-7-11)10(18)17(9-3-4-9)8-12(13,14)15/h9,16H,2-8H2,1H3. The molecule has 1 unspecified atom stereocenters. The highest BCUT2D eigenvalue weighted by molar-refractivity contribution is 5.84. The zero-order valence-corrected chi connectivity index (χ0v) is 10.5. The summed E-state index contributed by atoms with van der Waals surface area (Å²) in [4.78, 5) is 13.5. The zero-order chi connectivity index (χ0) is 13.4. The lowest BCUT2D eigenvalue weighted by molar-refractivity contribution is -0.168. The molecular formula is C12H19F3N2O. The lowest BCUT2D eigenvalue weighted by atomic mass is 9.82. The van der Waals surface area contributed by atoms with E-state index in [9.17, 15) is 18.0 Å². The summed E-state index contributed by atoms with van der Waals surface area (Å²) in [6, 6.07) is -0.192. The van der Waals surface area contributed by atoms with Gasteiger partial charge in [-0.3, -0.25) is 4.79 Å². The predicted molar refractivity (Wildman–Crippen MR) is 61.0 cm³/mol. The van der Waals surface area contributed by atoms with E-state index in [4.69, 9.17) is 0 Å². The Kier molecular flexibility index (Phi) is 3.58. The van der Waals surface area contributed by atoms with Gasteiger partial charge in [-0.15, -0.1) is 0 Å². The molecule has 1 atom stereocenters. The lowest BCUT2D eigenvalue weighted by Gasteiger charge is -2.33. The highest BCUT2D eigenvalue weighted by atomic mass is 19.4. The van der Waals surface area contributed by atoms with Crippen molar-refractivity contribution in [2.45, 2.75) is 44.8 Å². The zero-order valence-electron chi connectivity index (χ0n) is 10.5. The van der Waals surface area contributed by atoms with Crippen molar-refractivity contribution in [1.29, 1.82) is 0 Å². The van der Waals surface area contributed by atoms with Crippen molar-refractivity contribution in [3.63, 3.8) is 0 Å². The van der Waals surface area contributed by atoms with E-state index in [0.717, 1.165) is 4.90 Å². The first-order valence-corrected chi connectivity index (χ1v) is 6.46. The molecule has 1 saturated carbocycles. The molecule has 1 heterocycles. The Morgan fingerprint density at radius 2 is 2.11 bits per heavy atom. The summed E-state index contributed by atoms with van der Waals surface area (Å²) in [6.45, 7) is 2.00. The number of hydrogen-bond donors (Lipinski definition) is 1. The van der Waals surface area contributed by atoms with Crippen LogP contribution in [0.15, 0.2) is 0 Å². The van der Waals surface area contributed by atoms with Crippen LogP contribution in [0.5, 0.6) is 0 Å². The maximum absolute atomic E-state index is 12.6. The summed E-state index contributed by atoms with van der Waals surface area (Å²) in [5.74, 6) is -0.310. The summed E-state index contributed by atoms with van der Waals surface area (Å²) in [5.41, 5.74) is -0.617. The van der Waals surface area contributed by atoms with Gasteiger partial charge in [-0.05, 0) is 32.2 Å². The third-order valence-corrected chi connectivity index (χ3v) is 3.97. The van der Waals surface area contributed by atoms with Gasteiger partial charge in [0.25, 0.3) is 0 Å². The van der Waals surface area contributed by atoms with Crippen LogP contribution in [-0.4, -0.2) is 42.7 Å². The smallest absolute Gasteiger partial charge is 0.330 e. The largest absolute Gasteiger partial charge is 0.406 e. The van der Waals surface area contributed by atoms with E-state index in [0.29, 0.717) is 38.8 Å². The third-order valence-electron chi connectivity index (χ3n) is 3.97. The van der Waals surface area contributed by atoms with E-state index >= 15 is 0 Å². The summed E-state index contributed by atoms with van der Waals surface area (Å²) < 4.78 is 37.7. The minimum Gasteiger partial charge on any atom is -0.330 e. The molecule has 1 N–H and O–H groups in total. The van der Waals surface area contributed by atoms with Gasteiger partial charge in [0.15, 0.2) is 0 Å². The molecule has 1 amide bonds. The van der Waals surface area contributed by atoms with Crippen molar-refractivity contribution in [3.8, 4) is 0 Å². The molecule has 18 heavy (non-hydrogen) atoms. The number of nitrogens with zero attached hydrogens (tertiary/aromatic N) is 1. The van der Waals surface area contributed by atoms with Gasteiger partial charge in [-0.2, -0.15) is 13.2 Å². The maximum Gasteiger partial charge on any atom is 0.406 e. The molecule has 2 rings (SSSR count). The Labute approximate surface area is 105 Å². The molecule has 6 heteroatoms. The topological polar surface area (TPSA) is 32.3 Å². The number of amides is 1. The van der Waals surface area contributed by atoms with Crippen molar-refractivity contribution in [3.05, 3.63) is 0 Å². The van der Waals surface area contributed by atoms with Crippen LogP contribution in [0.25, 0.3) is 0 Å². The highest BCUT2D eigenvalue weighted by Crippen LogP contribution is 2.38. The molecule has 0 radical (unpaired) electrons. The Hall–Kier alpha value is -0.780. The fourth-order valence-corrected chi connectivity index (χ4v) is 2.63. The normalized spacial score (nSPS) is 28.4. The van der Waals surface area contributed by atoms with Crippen LogP contribution >= 0.6 is 0 Å². The van der Waals surface area contributed by atoms with Gasteiger partial charge in [0.05, 0.1) is 5.41 Å². The van der Waals surface area contributed by atoms with E-state index in [1.807, 2.05) is 6.92 Å². The first-order chi connectivity index (χ1) is 8.38. The summed E-state index contributed by atoms with van der Waals surface area (Å²) in [7, 11) is 0. The molecule has 1 saturated heterocycles. The fraction of sp³-hybridized carbons (Fsp3) is 0.917. The van der Waals surface area contributed by atoms with Crippen LogP contribution in [-0.2, 0) is 4.79 Å². The van der Waals surface area contributed by atoms with Crippen LogP contribution in [0, 0.1) is 5.41 Å². The first kappa shape index (κ1) is 13.6. The predicted octanol–water partition coefficient (Wildman–Crippen LogP) is 1.93. The fourth-order valence-electron chi connectivity index (χ4n) is 2.63. The third kappa shape index (κ3) is 2.79. The van der Waals surface area contributed by atoms with Crippen molar-refractivity contribution >= 4 is 5.91 Å². The summed E-state index contributed by atoms with van der Waals surface area (Å²) >= 11 is 0. The number of hydrogen-bond acceptors (Lipinski definition) is 2. The molecule has 0 aromatic heterocycles. The van der Waals surface area contributed by atoms with Gasteiger partial charge in [0, 0.05) is 12.6 Å². The molecule has 0 bridgehead atoms. The van der Waals surface area contributed by atoms with E-state index in [2.05, 4.69) is 5.32 Å². The molecule has 0 spiro atoms. The Balaban J connectivity index is 2.12. The van der Waals surface area contributed by atoms with Crippen LogP contribution in [0.2, 0.25) is 0 Å². The van der Waals surface area contributed by atoms with E-state index in [-0.39, 0.29) is 11.9 Å². The van der Waals surface area contributed by atoms with Crippen molar-refractivity contribution < 1.29 is 18.0 Å². The molecule has 1 aliphatic carbocycles. The van der Waals surface area contributed by atoms with Gasteiger partial charge in [0.1, 0.15) is 6.54 Å². The monoisotopic (exact) mass is 264 g/mol. The van der Waals surface area contributed by atoms with Crippen molar-refractivity contribution in [1.82, 2.24) is 10.2 Å². The molecule has 2 aliphatic rings. The van der Waals surface area contributed by atoms with Crippen molar-refractivity contribution in [2.75, 3.05) is 19.6 Å². The highest BCUT2D eigenvalue weighted by Gasteiger charge is 2.48. The Bertz CT molecular complexity index is 320. The second kappa shape index (κ2) is 4.72. The number of alkyl halides is 3.